The number of nitrogens with one attached hydrogen (secondary N) is 1. The van der Waals surface area contributed by atoms with Crippen LogP contribution in [0.4, 0.5) is 10.7 Å². The van der Waals surface area contributed by atoms with Crippen LogP contribution in [0.25, 0.3) is 0 Å². The quantitative estimate of drug-likeness (QED) is 0.437. The van der Waals surface area contributed by atoms with Crippen molar-refractivity contribution in [3.8, 4) is 11.5 Å². The lowest BCUT2D eigenvalue weighted by molar-refractivity contribution is -0.114. The van der Waals surface area contributed by atoms with Gasteiger partial charge in [0.25, 0.3) is 0 Å². The SMILES string of the molecule is COC(=O)c1sc(N)c(C(=O)OC)c1COC(=O)c1cc(OC)c(OC)cc1NC(C)=O. The number of methoxy groups -OCH3 is 4. The summed E-state index contributed by atoms with van der Waals surface area (Å²) in [5.74, 6) is -2.36. The third-order valence-electron chi connectivity index (χ3n) is 4.20. The van der Waals surface area contributed by atoms with Crippen molar-refractivity contribution >= 4 is 45.8 Å². The van der Waals surface area contributed by atoms with Crippen LogP contribution in [0.2, 0.25) is 0 Å². The van der Waals surface area contributed by atoms with Gasteiger partial charge in [-0.25, -0.2) is 14.4 Å². The molecule has 0 spiro atoms. The van der Waals surface area contributed by atoms with E-state index in [0.717, 1.165) is 25.6 Å². The van der Waals surface area contributed by atoms with Gasteiger partial charge >= 0.3 is 17.9 Å². The van der Waals surface area contributed by atoms with E-state index in [9.17, 15) is 19.2 Å². The Morgan fingerprint density at radius 2 is 1.53 bits per heavy atom. The Morgan fingerprint density at radius 3 is 2.06 bits per heavy atom. The van der Waals surface area contributed by atoms with E-state index in [0.29, 0.717) is 0 Å². The zero-order valence-corrected chi connectivity index (χ0v) is 18.8. The first-order valence-corrected chi connectivity index (χ1v) is 9.78. The molecule has 11 nitrogen and oxygen atoms in total. The zero-order valence-electron chi connectivity index (χ0n) is 18.0. The number of nitrogen functional groups attached to an aromatic ring is 1. The summed E-state index contributed by atoms with van der Waals surface area (Å²) in [5, 5.41) is 2.53. The van der Waals surface area contributed by atoms with Gasteiger partial charge in [0.05, 0.1) is 39.7 Å². The highest BCUT2D eigenvalue weighted by molar-refractivity contribution is 7.18. The molecule has 0 atom stereocenters. The molecule has 0 saturated heterocycles. The fraction of sp³-hybridized carbons (Fsp3) is 0.300. The number of thiophene rings is 1. The number of esters is 3. The second kappa shape index (κ2) is 10.5. The third kappa shape index (κ3) is 5.09. The minimum absolute atomic E-state index is 0.00686. The number of hydrogen-bond donors (Lipinski definition) is 2. The molecule has 32 heavy (non-hydrogen) atoms. The van der Waals surface area contributed by atoms with Crippen LogP contribution < -0.4 is 20.5 Å². The van der Waals surface area contributed by atoms with E-state index in [1.54, 1.807) is 0 Å². The number of carbonyl (C=O) groups is 4. The number of amides is 1. The van der Waals surface area contributed by atoms with Crippen LogP contribution >= 0.6 is 11.3 Å². The Morgan fingerprint density at radius 1 is 0.938 bits per heavy atom. The van der Waals surface area contributed by atoms with Gasteiger partial charge < -0.3 is 34.7 Å². The van der Waals surface area contributed by atoms with Crippen LogP contribution in [0.5, 0.6) is 11.5 Å². The molecular formula is C20H22N2O9S. The van der Waals surface area contributed by atoms with Gasteiger partial charge in [0.15, 0.2) is 11.5 Å². The second-order valence-corrected chi connectivity index (χ2v) is 7.19. The molecule has 0 aliphatic rings. The van der Waals surface area contributed by atoms with Crippen molar-refractivity contribution in [3.05, 3.63) is 33.7 Å². The smallest absolute Gasteiger partial charge is 0.348 e. The second-order valence-electron chi connectivity index (χ2n) is 6.14. The van der Waals surface area contributed by atoms with Crippen molar-refractivity contribution in [3.63, 3.8) is 0 Å². The van der Waals surface area contributed by atoms with Gasteiger partial charge in [-0.3, -0.25) is 4.79 Å². The lowest BCUT2D eigenvalue weighted by atomic mass is 10.1. The van der Waals surface area contributed by atoms with Crippen LogP contribution in [0.1, 0.15) is 42.9 Å². The van der Waals surface area contributed by atoms with E-state index in [1.165, 1.54) is 33.3 Å². The van der Waals surface area contributed by atoms with Crippen molar-refractivity contribution in [1.82, 2.24) is 0 Å². The molecule has 1 heterocycles. The molecule has 3 N–H and O–H groups in total. The van der Waals surface area contributed by atoms with Gasteiger partial charge in [0.1, 0.15) is 22.0 Å². The predicted molar refractivity (Wildman–Crippen MR) is 114 cm³/mol. The van der Waals surface area contributed by atoms with Gasteiger partial charge in [-0.1, -0.05) is 0 Å². The number of nitrogens with two attached hydrogens (primary N) is 1. The number of benzene rings is 1. The van der Waals surface area contributed by atoms with Gasteiger partial charge in [-0.05, 0) is 0 Å². The Balaban J connectivity index is 2.45. The summed E-state index contributed by atoms with van der Waals surface area (Å²) in [5.41, 5.74) is 5.89. The van der Waals surface area contributed by atoms with E-state index >= 15 is 0 Å². The van der Waals surface area contributed by atoms with Crippen LogP contribution in [0.3, 0.4) is 0 Å². The van der Waals surface area contributed by atoms with E-state index < -0.39 is 30.4 Å². The van der Waals surface area contributed by atoms with Gasteiger partial charge in [0, 0.05) is 24.6 Å². The molecule has 0 bridgehead atoms. The molecule has 0 aliphatic heterocycles. The molecule has 2 rings (SSSR count). The fourth-order valence-corrected chi connectivity index (χ4v) is 3.74. The maximum Gasteiger partial charge on any atom is 0.348 e. The van der Waals surface area contributed by atoms with Crippen LogP contribution in [0.15, 0.2) is 12.1 Å². The Hall–Kier alpha value is -3.80. The Labute approximate surface area is 187 Å². The minimum atomic E-state index is -0.869. The highest BCUT2D eigenvalue weighted by Gasteiger charge is 2.29. The van der Waals surface area contributed by atoms with Crippen LogP contribution in [-0.2, 0) is 25.6 Å². The first-order chi connectivity index (χ1) is 15.2. The maximum atomic E-state index is 12.9. The standard InChI is InChI=1S/C20H22N2O9S/c1-9(23)22-12-7-14(28-3)13(27-2)6-10(12)18(24)31-8-11-15(19(25)29-4)17(21)32-16(11)20(26)30-5/h6-7H,8,21H2,1-5H3,(H,22,23). The molecule has 1 aromatic carbocycles. The summed E-state index contributed by atoms with van der Waals surface area (Å²) < 4.78 is 25.2. The van der Waals surface area contributed by atoms with Gasteiger partial charge in [-0.2, -0.15) is 0 Å². The van der Waals surface area contributed by atoms with Crippen molar-refractivity contribution in [2.75, 3.05) is 39.5 Å². The molecule has 172 valence electrons. The van der Waals surface area contributed by atoms with Gasteiger partial charge in [0.2, 0.25) is 5.91 Å². The number of carbonyl (C=O) groups excluding carboxylic acids is 4. The largest absolute Gasteiger partial charge is 0.493 e. The fourth-order valence-electron chi connectivity index (χ4n) is 2.76. The summed E-state index contributed by atoms with van der Waals surface area (Å²) in [6, 6.07) is 2.73. The van der Waals surface area contributed by atoms with Crippen molar-refractivity contribution in [2.45, 2.75) is 13.5 Å². The normalized spacial score (nSPS) is 10.2. The molecular weight excluding hydrogens is 444 g/mol. The number of ether oxygens (including phenoxy) is 5. The highest BCUT2D eigenvalue weighted by atomic mass is 32.1. The van der Waals surface area contributed by atoms with E-state index in [2.05, 4.69) is 5.32 Å². The van der Waals surface area contributed by atoms with E-state index in [4.69, 9.17) is 29.4 Å². The number of anilines is 2. The summed E-state index contributed by atoms with van der Waals surface area (Å²) in [6.07, 6.45) is 0. The van der Waals surface area contributed by atoms with Crippen LogP contribution in [0, 0.1) is 0 Å². The predicted octanol–water partition coefficient (Wildman–Crippen LogP) is 2.24. The average molecular weight is 466 g/mol. The first-order valence-electron chi connectivity index (χ1n) is 8.96. The summed E-state index contributed by atoms with van der Waals surface area (Å²) in [7, 11) is 5.09. The van der Waals surface area contributed by atoms with Gasteiger partial charge in [-0.15, -0.1) is 11.3 Å². The minimum Gasteiger partial charge on any atom is -0.493 e. The summed E-state index contributed by atoms with van der Waals surface area (Å²) in [6.45, 7) is 0.778. The highest BCUT2D eigenvalue weighted by Crippen LogP contribution is 2.35. The van der Waals surface area contributed by atoms with E-state index in [1.807, 2.05) is 0 Å². The van der Waals surface area contributed by atoms with Crippen molar-refractivity contribution < 1.29 is 42.9 Å². The zero-order chi connectivity index (χ0) is 24.0. The average Bonchev–Trinajstić information content (AvgIpc) is 3.11. The monoisotopic (exact) mass is 466 g/mol. The molecule has 0 aliphatic carbocycles. The number of rotatable bonds is 8. The van der Waals surface area contributed by atoms with Crippen LogP contribution in [-0.4, -0.2) is 52.3 Å². The topological polar surface area (TPSA) is 152 Å². The molecule has 0 unspecified atom stereocenters. The lowest BCUT2D eigenvalue weighted by Gasteiger charge is -2.15. The summed E-state index contributed by atoms with van der Waals surface area (Å²) in [4.78, 5) is 48.7. The van der Waals surface area contributed by atoms with Crippen molar-refractivity contribution in [1.29, 1.82) is 0 Å². The maximum absolute atomic E-state index is 12.9. The third-order valence-corrected chi connectivity index (χ3v) is 5.24. The lowest BCUT2D eigenvalue weighted by Crippen LogP contribution is -2.15. The Kier molecular flexibility index (Phi) is 8.02. The molecule has 1 amide bonds. The van der Waals surface area contributed by atoms with Crippen molar-refractivity contribution in [2.24, 2.45) is 0 Å². The molecule has 12 heteroatoms. The molecule has 0 fully saturated rings. The molecule has 0 saturated carbocycles. The number of hydrogen-bond acceptors (Lipinski definition) is 11. The van der Waals surface area contributed by atoms with E-state index in [-0.39, 0.29) is 43.8 Å². The Bertz CT molecular complexity index is 1060. The molecule has 1 aromatic heterocycles. The first kappa shape index (κ1) is 24.5. The molecule has 2 aromatic rings. The summed E-state index contributed by atoms with van der Waals surface area (Å²) >= 11 is 0.805. The molecule has 0 radical (unpaired) electrons.